The van der Waals surface area contributed by atoms with Gasteiger partial charge in [0.15, 0.2) is 0 Å². The fourth-order valence-corrected chi connectivity index (χ4v) is 1.85. The summed E-state index contributed by atoms with van der Waals surface area (Å²) in [7, 11) is 0. The number of ketones is 1. The van der Waals surface area contributed by atoms with E-state index in [2.05, 4.69) is 32.6 Å². The third kappa shape index (κ3) is 2.07. The molecule has 0 saturated carbocycles. The highest BCUT2D eigenvalue weighted by atomic mass is 16.1. The second-order valence-electron chi connectivity index (χ2n) is 4.73. The number of Topliss-reactive ketones (excluding diaryl/α,β-unsaturated/α-hetero) is 1. The Balaban J connectivity index is 2.67. The maximum absolute atomic E-state index is 11.2. The van der Waals surface area contributed by atoms with E-state index in [0.29, 0.717) is 18.4 Å². The van der Waals surface area contributed by atoms with Gasteiger partial charge in [-0.05, 0) is 34.1 Å². The van der Waals surface area contributed by atoms with Crippen molar-refractivity contribution in [2.24, 2.45) is 0 Å². The topological polar surface area (TPSA) is 20.3 Å². The molecule has 1 heterocycles. The van der Waals surface area contributed by atoms with E-state index >= 15 is 0 Å². The fourth-order valence-electron chi connectivity index (χ4n) is 1.85. The molecule has 2 nitrogen and oxygen atoms in total. The van der Waals surface area contributed by atoms with Crippen LogP contribution in [-0.2, 0) is 4.79 Å². The Hall–Kier alpha value is -0.370. The van der Waals surface area contributed by atoms with Crippen LogP contribution in [0.2, 0.25) is 0 Å². The van der Waals surface area contributed by atoms with Gasteiger partial charge in [-0.25, -0.2) is 0 Å². The molecule has 1 fully saturated rings. The Kier molecular flexibility index (Phi) is 2.57. The van der Waals surface area contributed by atoms with E-state index in [-0.39, 0.29) is 5.54 Å². The van der Waals surface area contributed by atoms with E-state index in [9.17, 15) is 4.79 Å². The van der Waals surface area contributed by atoms with Crippen molar-refractivity contribution >= 4 is 5.78 Å². The van der Waals surface area contributed by atoms with Gasteiger partial charge in [0.25, 0.3) is 0 Å². The van der Waals surface area contributed by atoms with Gasteiger partial charge in [-0.3, -0.25) is 9.69 Å². The third-order valence-corrected chi connectivity index (χ3v) is 2.58. The third-order valence-electron chi connectivity index (χ3n) is 2.58. The van der Waals surface area contributed by atoms with Crippen LogP contribution >= 0.6 is 0 Å². The van der Waals surface area contributed by atoms with Crippen molar-refractivity contribution in [3.05, 3.63) is 0 Å². The summed E-state index contributed by atoms with van der Waals surface area (Å²) in [6.45, 7) is 9.36. The lowest BCUT2D eigenvalue weighted by Crippen LogP contribution is -2.52. The van der Waals surface area contributed by atoms with Crippen LogP contribution in [0.1, 0.15) is 40.5 Å². The van der Waals surface area contributed by atoms with Crippen molar-refractivity contribution in [3.63, 3.8) is 0 Å². The Morgan fingerprint density at radius 3 is 2.42 bits per heavy atom. The number of hydrogen-bond donors (Lipinski definition) is 0. The molecule has 0 spiro atoms. The summed E-state index contributed by atoms with van der Waals surface area (Å²) in [4.78, 5) is 13.5. The van der Waals surface area contributed by atoms with Crippen LogP contribution in [-0.4, -0.2) is 28.8 Å². The van der Waals surface area contributed by atoms with Gasteiger partial charge in [0.05, 0.1) is 6.54 Å². The number of carbonyl (C=O) groups is 1. The second-order valence-corrected chi connectivity index (χ2v) is 4.73. The summed E-state index contributed by atoms with van der Waals surface area (Å²) in [6.07, 6.45) is 1.80. The van der Waals surface area contributed by atoms with Gasteiger partial charge in [-0.2, -0.15) is 0 Å². The van der Waals surface area contributed by atoms with E-state index in [1.165, 1.54) is 0 Å². The first kappa shape index (κ1) is 9.72. The average Bonchev–Trinajstić information content (AvgIpc) is 1.92. The van der Waals surface area contributed by atoms with Crippen molar-refractivity contribution < 1.29 is 4.79 Å². The zero-order valence-corrected chi connectivity index (χ0v) is 8.55. The van der Waals surface area contributed by atoms with E-state index in [4.69, 9.17) is 0 Å². The molecule has 0 N–H and O–H groups in total. The smallest absolute Gasteiger partial charge is 0.146 e. The summed E-state index contributed by atoms with van der Waals surface area (Å²) in [6, 6.07) is 0.558. The summed E-state index contributed by atoms with van der Waals surface area (Å²) in [5.74, 6) is 0.392. The normalized spacial score (nSPS) is 27.7. The number of nitrogens with zero attached hydrogens (tertiary/aromatic N) is 1. The van der Waals surface area contributed by atoms with Gasteiger partial charge in [0.1, 0.15) is 5.78 Å². The first-order valence-electron chi connectivity index (χ1n) is 4.69. The Labute approximate surface area is 74.9 Å². The number of rotatable bonds is 0. The lowest BCUT2D eigenvalue weighted by Gasteiger charge is -2.42. The molecule has 0 bridgehead atoms. The molecule has 0 radical (unpaired) electrons. The SMILES string of the molecule is CC1CCC(=O)CN1C(C)(C)C. The van der Waals surface area contributed by atoms with Crippen LogP contribution in [0.3, 0.4) is 0 Å². The first-order valence-corrected chi connectivity index (χ1v) is 4.69. The molecule has 0 aliphatic carbocycles. The predicted octanol–water partition coefficient (Wildman–Crippen LogP) is 1.84. The highest BCUT2D eigenvalue weighted by Crippen LogP contribution is 2.23. The van der Waals surface area contributed by atoms with Crippen LogP contribution in [0, 0.1) is 0 Å². The summed E-state index contributed by atoms with van der Waals surface area (Å²) >= 11 is 0. The molecular weight excluding hydrogens is 150 g/mol. The Morgan fingerprint density at radius 1 is 1.42 bits per heavy atom. The summed E-state index contributed by atoms with van der Waals surface area (Å²) in [5, 5.41) is 0. The molecule has 12 heavy (non-hydrogen) atoms. The number of piperidine rings is 1. The zero-order chi connectivity index (χ0) is 9.35. The predicted molar refractivity (Wildman–Crippen MR) is 50.2 cm³/mol. The summed E-state index contributed by atoms with van der Waals surface area (Å²) in [5.41, 5.74) is 0.134. The molecular formula is C10H19NO. The second kappa shape index (κ2) is 3.17. The molecule has 0 aromatic rings. The van der Waals surface area contributed by atoms with Crippen LogP contribution in [0.15, 0.2) is 0 Å². The van der Waals surface area contributed by atoms with Crippen molar-refractivity contribution in [2.45, 2.75) is 52.1 Å². The highest BCUT2D eigenvalue weighted by Gasteiger charge is 2.31. The molecule has 1 atom stereocenters. The molecule has 1 unspecified atom stereocenters. The molecule has 1 aliphatic rings. The zero-order valence-electron chi connectivity index (χ0n) is 8.55. The number of likely N-dealkylation sites (tertiary alicyclic amines) is 1. The first-order chi connectivity index (χ1) is 5.41. The van der Waals surface area contributed by atoms with Crippen molar-refractivity contribution in [3.8, 4) is 0 Å². The molecule has 0 aromatic heterocycles. The lowest BCUT2D eigenvalue weighted by atomic mass is 9.95. The summed E-state index contributed by atoms with van der Waals surface area (Å²) < 4.78 is 0. The molecule has 0 amide bonds. The van der Waals surface area contributed by atoms with Gasteiger partial charge in [-0.15, -0.1) is 0 Å². The minimum Gasteiger partial charge on any atom is -0.298 e. The minimum atomic E-state index is 0.134. The van der Waals surface area contributed by atoms with Gasteiger partial charge in [0, 0.05) is 18.0 Å². The minimum absolute atomic E-state index is 0.134. The standard InChI is InChI=1S/C10H19NO/c1-8-5-6-9(12)7-11(8)10(2,3)4/h8H,5-7H2,1-4H3. The van der Waals surface area contributed by atoms with Crippen molar-refractivity contribution in [1.82, 2.24) is 4.90 Å². The van der Waals surface area contributed by atoms with E-state index in [0.717, 1.165) is 12.8 Å². The van der Waals surface area contributed by atoms with Gasteiger partial charge in [0.2, 0.25) is 0 Å². The van der Waals surface area contributed by atoms with Gasteiger partial charge < -0.3 is 0 Å². The maximum Gasteiger partial charge on any atom is 0.146 e. The number of hydrogen-bond acceptors (Lipinski definition) is 2. The number of carbonyl (C=O) groups excluding carboxylic acids is 1. The molecule has 70 valence electrons. The van der Waals surface area contributed by atoms with E-state index in [1.807, 2.05) is 0 Å². The highest BCUT2D eigenvalue weighted by molar-refractivity contribution is 5.81. The van der Waals surface area contributed by atoms with Crippen molar-refractivity contribution in [2.75, 3.05) is 6.54 Å². The van der Waals surface area contributed by atoms with Crippen LogP contribution in [0.5, 0.6) is 0 Å². The average molecular weight is 169 g/mol. The maximum atomic E-state index is 11.2. The molecule has 1 saturated heterocycles. The molecule has 1 aliphatic heterocycles. The fraction of sp³-hybridized carbons (Fsp3) is 0.900. The lowest BCUT2D eigenvalue weighted by molar-refractivity contribution is -0.125. The monoisotopic (exact) mass is 169 g/mol. The molecule has 2 heteroatoms. The van der Waals surface area contributed by atoms with Gasteiger partial charge in [-0.1, -0.05) is 0 Å². The quantitative estimate of drug-likeness (QED) is 0.551. The molecule has 1 rings (SSSR count). The van der Waals surface area contributed by atoms with Crippen LogP contribution < -0.4 is 0 Å². The Bertz CT molecular complexity index is 181. The van der Waals surface area contributed by atoms with Crippen LogP contribution in [0.4, 0.5) is 0 Å². The van der Waals surface area contributed by atoms with Gasteiger partial charge >= 0.3 is 0 Å². The molecule has 0 aromatic carbocycles. The van der Waals surface area contributed by atoms with Crippen molar-refractivity contribution in [1.29, 1.82) is 0 Å². The largest absolute Gasteiger partial charge is 0.298 e. The Morgan fingerprint density at radius 2 is 2.00 bits per heavy atom. The van der Waals surface area contributed by atoms with E-state index in [1.54, 1.807) is 0 Å². The van der Waals surface area contributed by atoms with E-state index < -0.39 is 0 Å². The van der Waals surface area contributed by atoms with Crippen LogP contribution in [0.25, 0.3) is 0 Å².